The van der Waals surface area contributed by atoms with Gasteiger partial charge in [0.15, 0.2) is 0 Å². The van der Waals surface area contributed by atoms with Gasteiger partial charge in [-0.1, -0.05) is 12.5 Å². The second-order valence-corrected chi connectivity index (χ2v) is 8.85. The summed E-state index contributed by atoms with van der Waals surface area (Å²) in [7, 11) is -1.76. The van der Waals surface area contributed by atoms with E-state index in [0.717, 1.165) is 25.7 Å². The molecule has 0 amide bonds. The summed E-state index contributed by atoms with van der Waals surface area (Å²) < 4.78 is 28.7. The molecule has 2 atom stereocenters. The maximum atomic E-state index is 12.8. The van der Waals surface area contributed by atoms with Gasteiger partial charge in [0.25, 0.3) is 10.2 Å². The van der Waals surface area contributed by atoms with Gasteiger partial charge >= 0.3 is 0 Å². The van der Waals surface area contributed by atoms with Crippen molar-refractivity contribution in [2.45, 2.75) is 44.7 Å². The Labute approximate surface area is 136 Å². The molecule has 0 bridgehead atoms. The predicted molar refractivity (Wildman–Crippen MR) is 89.2 cm³/mol. The molecule has 7 heteroatoms. The quantitative estimate of drug-likeness (QED) is 0.740. The van der Waals surface area contributed by atoms with E-state index in [9.17, 15) is 8.42 Å². The number of nitrogens with zero attached hydrogens (tertiary/aromatic N) is 2. The van der Waals surface area contributed by atoms with Crippen LogP contribution in [0.1, 0.15) is 31.1 Å². The minimum absolute atomic E-state index is 0.0634. The van der Waals surface area contributed by atoms with Gasteiger partial charge in [-0.15, -0.1) is 22.9 Å². The van der Waals surface area contributed by atoms with Gasteiger partial charge in [0.05, 0.1) is 0 Å². The zero-order chi connectivity index (χ0) is 15.5. The third-order valence-electron chi connectivity index (χ3n) is 4.11. The number of likely N-dealkylation sites (N-methyl/N-ethyl adjacent to an activating group) is 1. The van der Waals surface area contributed by atoms with Crippen molar-refractivity contribution in [3.05, 3.63) is 22.4 Å². The molecule has 2 rings (SSSR count). The summed E-state index contributed by atoms with van der Waals surface area (Å²) in [4.78, 5) is 1.21. The highest BCUT2D eigenvalue weighted by Crippen LogP contribution is 2.25. The smallest absolute Gasteiger partial charge is 0.195 e. The molecule has 2 unspecified atom stereocenters. The van der Waals surface area contributed by atoms with Crippen molar-refractivity contribution >= 4 is 33.1 Å². The number of piperidine rings is 1. The number of thiophene rings is 1. The summed E-state index contributed by atoms with van der Waals surface area (Å²) in [5, 5.41) is 2.02. The lowest BCUT2D eigenvalue weighted by Gasteiger charge is -2.37. The van der Waals surface area contributed by atoms with E-state index < -0.39 is 10.2 Å². The monoisotopic (exact) mass is 350 g/mol. The first-order chi connectivity index (χ1) is 9.96. The van der Waals surface area contributed by atoms with E-state index in [1.807, 2.05) is 24.4 Å². The van der Waals surface area contributed by atoms with E-state index in [0.29, 0.717) is 12.4 Å². The molecule has 0 radical (unpaired) electrons. The normalized spacial score (nSPS) is 22.6. The largest absolute Gasteiger partial charge is 0.282 e. The van der Waals surface area contributed by atoms with Crippen LogP contribution in [-0.2, 0) is 16.6 Å². The van der Waals surface area contributed by atoms with Crippen molar-refractivity contribution in [3.8, 4) is 0 Å². The summed E-state index contributed by atoms with van der Waals surface area (Å²) in [6.45, 7) is 2.53. The predicted octanol–water partition coefficient (Wildman–Crippen LogP) is 2.95. The van der Waals surface area contributed by atoms with Crippen LogP contribution in [0.15, 0.2) is 17.5 Å². The molecule has 2 heterocycles. The van der Waals surface area contributed by atoms with Crippen LogP contribution in [0.2, 0.25) is 0 Å². The molecule has 0 aromatic carbocycles. The average Bonchev–Trinajstić information content (AvgIpc) is 2.99. The van der Waals surface area contributed by atoms with E-state index >= 15 is 0 Å². The Kier molecular flexibility index (Phi) is 6.08. The zero-order valence-corrected chi connectivity index (χ0v) is 14.9. The van der Waals surface area contributed by atoms with E-state index in [1.54, 1.807) is 22.7 Å². The van der Waals surface area contributed by atoms with Crippen LogP contribution in [0.3, 0.4) is 0 Å². The molecule has 21 heavy (non-hydrogen) atoms. The molecule has 1 aliphatic heterocycles. The number of hydrogen-bond donors (Lipinski definition) is 0. The molecular weight excluding hydrogens is 328 g/mol. The molecule has 120 valence electrons. The highest BCUT2D eigenvalue weighted by atomic mass is 35.5. The lowest BCUT2D eigenvalue weighted by molar-refractivity contribution is 0.243. The molecule has 1 fully saturated rings. The maximum Gasteiger partial charge on any atom is 0.282 e. The van der Waals surface area contributed by atoms with Gasteiger partial charge in [0.2, 0.25) is 0 Å². The minimum Gasteiger partial charge on any atom is -0.195 e. The van der Waals surface area contributed by atoms with Crippen LogP contribution in [0.4, 0.5) is 0 Å². The van der Waals surface area contributed by atoms with Gasteiger partial charge in [0, 0.05) is 36.4 Å². The number of alkyl halides is 1. The number of halogens is 1. The van der Waals surface area contributed by atoms with Gasteiger partial charge < -0.3 is 0 Å². The summed E-state index contributed by atoms with van der Waals surface area (Å²) in [5.74, 6) is 0.367. The highest BCUT2D eigenvalue weighted by molar-refractivity contribution is 7.86. The molecule has 0 aliphatic carbocycles. The molecule has 1 saturated heterocycles. The van der Waals surface area contributed by atoms with Crippen molar-refractivity contribution in [2.24, 2.45) is 0 Å². The zero-order valence-electron chi connectivity index (χ0n) is 12.5. The van der Waals surface area contributed by atoms with Crippen LogP contribution < -0.4 is 0 Å². The lowest BCUT2D eigenvalue weighted by Crippen LogP contribution is -2.52. The fourth-order valence-electron chi connectivity index (χ4n) is 2.67. The van der Waals surface area contributed by atoms with E-state index in [4.69, 9.17) is 11.6 Å². The Bertz CT molecular complexity index is 533. The number of hydrogen-bond acceptors (Lipinski definition) is 3. The molecular formula is C14H23ClN2O2S2. The third-order valence-corrected chi connectivity index (χ3v) is 7.53. The Morgan fingerprint density at radius 3 is 2.90 bits per heavy atom. The van der Waals surface area contributed by atoms with Crippen LogP contribution in [0.25, 0.3) is 0 Å². The minimum atomic E-state index is -3.44. The third kappa shape index (κ3) is 3.99. The fourth-order valence-corrected chi connectivity index (χ4v) is 5.68. The van der Waals surface area contributed by atoms with E-state index in [1.165, 1.54) is 9.18 Å². The van der Waals surface area contributed by atoms with Crippen LogP contribution in [0, 0.1) is 0 Å². The van der Waals surface area contributed by atoms with Crippen molar-refractivity contribution in [3.63, 3.8) is 0 Å². The second-order valence-electron chi connectivity index (χ2n) is 5.57. The fraction of sp³-hybridized carbons (Fsp3) is 0.714. The topological polar surface area (TPSA) is 40.6 Å². The molecule has 0 spiro atoms. The maximum absolute atomic E-state index is 12.8. The van der Waals surface area contributed by atoms with Gasteiger partial charge in [-0.05, 0) is 37.6 Å². The van der Waals surface area contributed by atoms with Gasteiger partial charge in [-0.2, -0.15) is 17.0 Å². The standard InChI is InChI=1S/C14H23ClN2O2S2/c1-12(10-14-7-5-9-20-14)16(2)21(18,19)17-8-4-3-6-13(17)11-15/h5,7,9,12-13H,3-4,6,8,10-11H2,1-2H3. The van der Waals surface area contributed by atoms with Crippen LogP contribution in [0.5, 0.6) is 0 Å². The average molecular weight is 351 g/mol. The Hall–Kier alpha value is -0.140. The summed E-state index contributed by atoms with van der Waals surface area (Å²) in [6, 6.07) is 3.91. The second kappa shape index (κ2) is 7.42. The molecule has 0 saturated carbocycles. The van der Waals surface area contributed by atoms with Crippen molar-refractivity contribution < 1.29 is 8.42 Å². The highest BCUT2D eigenvalue weighted by Gasteiger charge is 2.36. The van der Waals surface area contributed by atoms with Gasteiger partial charge in [0.1, 0.15) is 0 Å². The van der Waals surface area contributed by atoms with Crippen molar-refractivity contribution in [1.29, 1.82) is 0 Å². The Morgan fingerprint density at radius 1 is 1.52 bits per heavy atom. The van der Waals surface area contributed by atoms with Gasteiger partial charge in [-0.3, -0.25) is 0 Å². The van der Waals surface area contributed by atoms with Crippen molar-refractivity contribution in [2.75, 3.05) is 19.5 Å². The molecule has 1 aromatic rings. The van der Waals surface area contributed by atoms with Crippen molar-refractivity contribution in [1.82, 2.24) is 8.61 Å². The molecule has 0 N–H and O–H groups in total. The van der Waals surface area contributed by atoms with E-state index in [-0.39, 0.29) is 12.1 Å². The summed E-state index contributed by atoms with van der Waals surface area (Å²) in [5.41, 5.74) is 0. The first-order valence-corrected chi connectivity index (χ1v) is 10.1. The van der Waals surface area contributed by atoms with E-state index in [2.05, 4.69) is 0 Å². The van der Waals surface area contributed by atoms with Crippen LogP contribution >= 0.6 is 22.9 Å². The first-order valence-electron chi connectivity index (χ1n) is 7.30. The molecule has 1 aromatic heterocycles. The first kappa shape index (κ1) is 17.2. The number of rotatable bonds is 6. The van der Waals surface area contributed by atoms with Gasteiger partial charge in [-0.25, -0.2) is 0 Å². The lowest BCUT2D eigenvalue weighted by atomic mass is 10.1. The Balaban J connectivity index is 2.09. The Morgan fingerprint density at radius 2 is 2.29 bits per heavy atom. The van der Waals surface area contributed by atoms with Crippen LogP contribution in [-0.4, -0.2) is 48.6 Å². The molecule has 4 nitrogen and oxygen atoms in total. The SMILES string of the molecule is CC(Cc1cccs1)N(C)S(=O)(=O)N1CCCCC1CCl. The summed E-state index contributed by atoms with van der Waals surface area (Å²) in [6.07, 6.45) is 3.57. The molecule has 1 aliphatic rings. The summed E-state index contributed by atoms with van der Waals surface area (Å²) >= 11 is 7.62.